The van der Waals surface area contributed by atoms with Crippen LogP contribution >= 0.6 is 11.6 Å². The van der Waals surface area contributed by atoms with Gasteiger partial charge in [0.05, 0.1) is 11.8 Å². The van der Waals surface area contributed by atoms with Crippen LogP contribution in [0.1, 0.15) is 37.2 Å². The van der Waals surface area contributed by atoms with E-state index in [1.165, 1.54) is 6.07 Å². The third kappa shape index (κ3) is 5.80. The van der Waals surface area contributed by atoms with E-state index >= 15 is 0 Å². The zero-order valence-electron chi connectivity index (χ0n) is 21.1. The quantitative estimate of drug-likeness (QED) is 0.261. The van der Waals surface area contributed by atoms with Gasteiger partial charge in [0.25, 0.3) is 0 Å². The van der Waals surface area contributed by atoms with E-state index in [4.69, 9.17) is 16.0 Å². The van der Waals surface area contributed by atoms with Gasteiger partial charge >= 0.3 is 6.18 Å². The highest BCUT2D eigenvalue weighted by atomic mass is 35.5. The van der Waals surface area contributed by atoms with Crippen LogP contribution in [0, 0.1) is 5.41 Å². The number of aromatic nitrogens is 4. The smallest absolute Gasteiger partial charge is 0.417 e. The minimum atomic E-state index is -4.41. The molecule has 1 aliphatic rings. The van der Waals surface area contributed by atoms with Gasteiger partial charge < -0.3 is 14.6 Å². The first-order valence-electron chi connectivity index (χ1n) is 12.4. The van der Waals surface area contributed by atoms with Crippen molar-refractivity contribution >= 4 is 23.4 Å². The van der Waals surface area contributed by atoms with Crippen molar-refractivity contribution in [2.45, 2.75) is 46.0 Å². The van der Waals surface area contributed by atoms with Crippen molar-refractivity contribution in [3.63, 3.8) is 0 Å². The van der Waals surface area contributed by atoms with Crippen LogP contribution in [0.15, 0.2) is 59.3 Å². The highest BCUT2D eigenvalue weighted by Crippen LogP contribution is 2.34. The zero-order valence-corrected chi connectivity index (χ0v) is 21.9. The number of fused-ring (bicyclic) bond motifs is 1. The summed E-state index contributed by atoms with van der Waals surface area (Å²) in [6.45, 7) is 6.90. The van der Waals surface area contributed by atoms with Crippen LogP contribution in [0.25, 0.3) is 11.4 Å². The SMILES string of the molecule is CC1(C)Cc2occc2CN(c2nnc(-c3cccc(Cl)c3)n2CCCNc2ccc(C(F)(F)F)cn2)C1. The molecule has 38 heavy (non-hydrogen) atoms. The van der Waals surface area contributed by atoms with E-state index in [0.29, 0.717) is 42.7 Å². The molecule has 1 aromatic carbocycles. The van der Waals surface area contributed by atoms with Crippen LogP contribution in [0.4, 0.5) is 24.9 Å². The summed E-state index contributed by atoms with van der Waals surface area (Å²) in [4.78, 5) is 6.12. The van der Waals surface area contributed by atoms with Crippen LogP contribution in [-0.4, -0.2) is 32.8 Å². The average molecular weight is 545 g/mol. The number of anilines is 2. The molecule has 1 aliphatic heterocycles. The molecule has 0 aliphatic carbocycles. The summed E-state index contributed by atoms with van der Waals surface area (Å²) in [5, 5.41) is 12.9. The minimum Gasteiger partial charge on any atom is -0.469 e. The number of nitrogens with one attached hydrogen (secondary N) is 1. The largest absolute Gasteiger partial charge is 0.469 e. The van der Waals surface area contributed by atoms with Gasteiger partial charge in [0.2, 0.25) is 5.95 Å². The summed E-state index contributed by atoms with van der Waals surface area (Å²) in [6.07, 6.45) is -0.358. The fraction of sp³-hybridized carbons (Fsp3) is 0.370. The lowest BCUT2D eigenvalue weighted by molar-refractivity contribution is -0.137. The Morgan fingerprint density at radius 3 is 2.71 bits per heavy atom. The van der Waals surface area contributed by atoms with Gasteiger partial charge in [-0.15, -0.1) is 10.2 Å². The van der Waals surface area contributed by atoms with Crippen LogP contribution in [0.3, 0.4) is 0 Å². The average Bonchev–Trinajstić information content (AvgIpc) is 3.44. The first-order chi connectivity index (χ1) is 18.1. The maximum absolute atomic E-state index is 12.8. The Morgan fingerprint density at radius 1 is 1.13 bits per heavy atom. The highest BCUT2D eigenvalue weighted by Gasteiger charge is 2.33. The molecular formula is C27H28ClF3N6O. The van der Waals surface area contributed by atoms with Gasteiger partial charge in [0.1, 0.15) is 11.6 Å². The van der Waals surface area contributed by atoms with E-state index in [1.54, 1.807) is 6.26 Å². The van der Waals surface area contributed by atoms with Crippen LogP contribution in [0.5, 0.6) is 0 Å². The van der Waals surface area contributed by atoms with Gasteiger partial charge in [-0.25, -0.2) is 4.98 Å². The van der Waals surface area contributed by atoms with Crippen LogP contribution in [-0.2, 0) is 25.7 Å². The molecule has 3 aromatic heterocycles. The number of nitrogens with zero attached hydrogens (tertiary/aromatic N) is 5. The van der Waals surface area contributed by atoms with E-state index in [1.807, 2.05) is 30.3 Å². The molecule has 0 radical (unpaired) electrons. The number of hydrogen-bond donors (Lipinski definition) is 1. The Morgan fingerprint density at radius 2 is 1.97 bits per heavy atom. The minimum absolute atomic E-state index is 0.0497. The van der Waals surface area contributed by atoms with Crippen molar-refractivity contribution in [3.05, 3.63) is 76.8 Å². The predicted octanol–water partition coefficient (Wildman–Crippen LogP) is 6.70. The van der Waals surface area contributed by atoms with Gasteiger partial charge in [-0.1, -0.05) is 37.6 Å². The molecule has 0 atom stereocenters. The number of hydrogen-bond acceptors (Lipinski definition) is 6. The molecule has 0 spiro atoms. The highest BCUT2D eigenvalue weighted by molar-refractivity contribution is 6.30. The fourth-order valence-electron chi connectivity index (χ4n) is 4.77. The molecule has 200 valence electrons. The van der Waals surface area contributed by atoms with Gasteiger partial charge in [-0.3, -0.25) is 4.57 Å². The Balaban J connectivity index is 1.38. The number of halogens is 4. The lowest BCUT2D eigenvalue weighted by Gasteiger charge is -2.30. The summed E-state index contributed by atoms with van der Waals surface area (Å²) >= 11 is 6.27. The van der Waals surface area contributed by atoms with Crippen molar-refractivity contribution in [2.24, 2.45) is 5.41 Å². The second-order valence-electron chi connectivity index (χ2n) is 10.3. The summed E-state index contributed by atoms with van der Waals surface area (Å²) < 4.78 is 46.3. The van der Waals surface area contributed by atoms with E-state index < -0.39 is 11.7 Å². The van der Waals surface area contributed by atoms with E-state index in [9.17, 15) is 13.2 Å². The molecule has 11 heteroatoms. The summed E-state index contributed by atoms with van der Waals surface area (Å²) in [6, 6.07) is 11.9. The van der Waals surface area contributed by atoms with E-state index in [-0.39, 0.29) is 5.41 Å². The Labute approximate surface area is 223 Å². The van der Waals surface area contributed by atoms with E-state index in [2.05, 4.69) is 43.8 Å². The zero-order chi connectivity index (χ0) is 26.9. The maximum atomic E-state index is 12.8. The van der Waals surface area contributed by atoms with Gasteiger partial charge in [0, 0.05) is 54.9 Å². The number of furan rings is 1. The molecule has 0 fully saturated rings. The molecule has 0 saturated carbocycles. The molecule has 0 amide bonds. The topological polar surface area (TPSA) is 72.0 Å². The molecule has 0 unspecified atom stereocenters. The standard InChI is InChI=1S/C27H28ClF3N6O/c1-26(2)14-22-19(9-12-38-22)16-36(17-26)25-35-34-24(18-5-3-6-21(28)13-18)37(25)11-4-10-32-23-8-7-20(15-33-23)27(29,30)31/h3,5-9,12-13,15H,4,10-11,14,16-17H2,1-2H3,(H,32,33). The fourth-order valence-corrected chi connectivity index (χ4v) is 4.96. The van der Waals surface area contributed by atoms with Crippen molar-refractivity contribution in [1.82, 2.24) is 19.7 Å². The number of pyridine rings is 1. The molecular weight excluding hydrogens is 517 g/mol. The third-order valence-electron chi connectivity index (χ3n) is 6.51. The molecule has 5 rings (SSSR count). The summed E-state index contributed by atoms with van der Waals surface area (Å²) in [5.41, 5.74) is 1.16. The molecule has 1 N–H and O–H groups in total. The number of benzene rings is 1. The number of alkyl halides is 3. The lowest BCUT2D eigenvalue weighted by Crippen LogP contribution is -2.34. The van der Waals surface area contributed by atoms with Crippen LogP contribution < -0.4 is 10.2 Å². The van der Waals surface area contributed by atoms with Crippen molar-refractivity contribution in [1.29, 1.82) is 0 Å². The maximum Gasteiger partial charge on any atom is 0.417 e. The van der Waals surface area contributed by atoms with Crippen molar-refractivity contribution < 1.29 is 17.6 Å². The third-order valence-corrected chi connectivity index (χ3v) is 6.74. The molecule has 7 nitrogen and oxygen atoms in total. The van der Waals surface area contributed by atoms with Crippen molar-refractivity contribution in [3.8, 4) is 11.4 Å². The number of rotatable bonds is 7. The molecule has 4 aromatic rings. The molecule has 4 heterocycles. The summed E-state index contributed by atoms with van der Waals surface area (Å²) in [7, 11) is 0. The normalized spacial score (nSPS) is 15.3. The van der Waals surface area contributed by atoms with Crippen LogP contribution in [0.2, 0.25) is 5.02 Å². The first kappa shape index (κ1) is 26.1. The summed E-state index contributed by atoms with van der Waals surface area (Å²) in [5.74, 6) is 2.82. The van der Waals surface area contributed by atoms with Gasteiger partial charge in [-0.05, 0) is 42.2 Å². The lowest BCUT2D eigenvalue weighted by atomic mass is 9.88. The van der Waals surface area contributed by atoms with E-state index in [0.717, 1.165) is 48.1 Å². The monoisotopic (exact) mass is 544 g/mol. The molecule has 0 saturated heterocycles. The van der Waals surface area contributed by atoms with Gasteiger partial charge in [-0.2, -0.15) is 13.2 Å². The Bertz CT molecular complexity index is 1400. The Kier molecular flexibility index (Phi) is 7.09. The Hall–Kier alpha value is -3.53. The first-order valence-corrected chi connectivity index (χ1v) is 12.7. The van der Waals surface area contributed by atoms with Gasteiger partial charge in [0.15, 0.2) is 5.82 Å². The second kappa shape index (κ2) is 10.3. The second-order valence-corrected chi connectivity index (χ2v) is 10.7. The molecule has 0 bridgehead atoms. The van der Waals surface area contributed by atoms with Crippen molar-refractivity contribution in [2.75, 3.05) is 23.3 Å². The predicted molar refractivity (Wildman–Crippen MR) is 140 cm³/mol.